The van der Waals surface area contributed by atoms with Gasteiger partial charge in [0.1, 0.15) is 19.3 Å². The smallest absolute Gasteiger partial charge is 0.462 e. The van der Waals surface area contributed by atoms with Gasteiger partial charge in [0.15, 0.2) is 12.2 Å². The van der Waals surface area contributed by atoms with E-state index in [1.54, 1.807) is 0 Å². The Labute approximate surface area is 607 Å². The van der Waals surface area contributed by atoms with Gasteiger partial charge in [0.05, 0.1) is 26.4 Å². The summed E-state index contributed by atoms with van der Waals surface area (Å²) in [4.78, 5) is 73.0. The van der Waals surface area contributed by atoms with Crippen LogP contribution in [-0.4, -0.2) is 96.7 Å². The van der Waals surface area contributed by atoms with Crippen LogP contribution < -0.4 is 0 Å². The first-order chi connectivity index (χ1) is 48.0. The Kier molecular flexibility index (Phi) is 71.6. The molecule has 0 aliphatic carbocycles. The third kappa shape index (κ3) is 74.1. The van der Waals surface area contributed by atoms with Gasteiger partial charge in [0, 0.05) is 25.7 Å². The van der Waals surface area contributed by atoms with Crippen molar-refractivity contribution in [1.82, 2.24) is 0 Å². The van der Waals surface area contributed by atoms with Crippen molar-refractivity contribution in [3.63, 3.8) is 0 Å². The normalized spacial score (nSPS) is 13.9. The molecule has 0 bridgehead atoms. The van der Waals surface area contributed by atoms with E-state index in [9.17, 15) is 43.2 Å². The van der Waals surface area contributed by atoms with Gasteiger partial charge in [-0.2, -0.15) is 0 Å². The van der Waals surface area contributed by atoms with Crippen LogP contribution in [0.5, 0.6) is 0 Å². The molecule has 0 aliphatic rings. The van der Waals surface area contributed by atoms with Crippen molar-refractivity contribution in [3.05, 3.63) is 0 Å². The topological polar surface area (TPSA) is 237 Å². The van der Waals surface area contributed by atoms with Crippen molar-refractivity contribution in [2.75, 3.05) is 39.6 Å². The molecule has 17 nitrogen and oxygen atoms in total. The van der Waals surface area contributed by atoms with Gasteiger partial charge in [-0.05, 0) is 31.6 Å². The molecule has 0 aromatic heterocycles. The van der Waals surface area contributed by atoms with Crippen molar-refractivity contribution in [1.29, 1.82) is 0 Å². The first kappa shape index (κ1) is 97.1. The molecule has 0 aromatic carbocycles. The molecule has 5 atom stereocenters. The quantitative estimate of drug-likeness (QED) is 0.0222. The van der Waals surface area contributed by atoms with E-state index in [-0.39, 0.29) is 25.7 Å². The Morgan fingerprint density at radius 2 is 0.465 bits per heavy atom. The van der Waals surface area contributed by atoms with Crippen LogP contribution in [0.25, 0.3) is 0 Å². The number of aliphatic hydroxyl groups is 1. The van der Waals surface area contributed by atoms with E-state index in [2.05, 4.69) is 34.6 Å². The van der Waals surface area contributed by atoms with Crippen molar-refractivity contribution in [2.24, 2.45) is 5.92 Å². The Morgan fingerprint density at radius 1 is 0.273 bits per heavy atom. The van der Waals surface area contributed by atoms with E-state index in [0.29, 0.717) is 25.7 Å². The number of esters is 4. The van der Waals surface area contributed by atoms with Crippen LogP contribution >= 0.6 is 15.6 Å². The second-order valence-electron chi connectivity index (χ2n) is 29.3. The predicted octanol–water partition coefficient (Wildman–Crippen LogP) is 24.0. The largest absolute Gasteiger partial charge is 0.472 e. The number of rotatable bonds is 80. The molecule has 0 saturated heterocycles. The monoisotopic (exact) mass is 1450 g/mol. The first-order valence-electron chi connectivity index (χ1n) is 41.6. The van der Waals surface area contributed by atoms with Crippen LogP contribution in [0.1, 0.15) is 426 Å². The number of ether oxygens (including phenoxy) is 4. The third-order valence-corrected chi connectivity index (χ3v) is 20.7. The highest BCUT2D eigenvalue weighted by Crippen LogP contribution is 2.45. The molecule has 2 unspecified atom stereocenters. The zero-order valence-electron chi connectivity index (χ0n) is 64.6. The fraction of sp³-hybridized carbons (Fsp3) is 0.950. The number of hydrogen-bond acceptors (Lipinski definition) is 15. The third-order valence-electron chi connectivity index (χ3n) is 18.8. The predicted molar refractivity (Wildman–Crippen MR) is 405 cm³/mol. The molecule has 0 aliphatic heterocycles. The maximum Gasteiger partial charge on any atom is 0.472 e. The number of aliphatic hydroxyl groups excluding tert-OH is 1. The summed E-state index contributed by atoms with van der Waals surface area (Å²) in [6.45, 7) is 7.32. The Morgan fingerprint density at radius 3 is 0.687 bits per heavy atom. The summed E-state index contributed by atoms with van der Waals surface area (Å²) in [5.74, 6) is -1.36. The van der Waals surface area contributed by atoms with Gasteiger partial charge in [-0.25, -0.2) is 9.13 Å². The van der Waals surface area contributed by atoms with E-state index < -0.39 is 97.5 Å². The second-order valence-corrected chi connectivity index (χ2v) is 32.2. The zero-order valence-corrected chi connectivity index (χ0v) is 66.4. The molecular formula is C80H156O17P2. The highest BCUT2D eigenvalue weighted by molar-refractivity contribution is 7.47. The van der Waals surface area contributed by atoms with Crippen molar-refractivity contribution in [2.45, 2.75) is 445 Å². The van der Waals surface area contributed by atoms with Gasteiger partial charge in [0.2, 0.25) is 0 Å². The number of phosphoric acid groups is 2. The Balaban J connectivity index is 5.26. The summed E-state index contributed by atoms with van der Waals surface area (Å²) >= 11 is 0. The molecular weight excluding hydrogens is 1290 g/mol. The van der Waals surface area contributed by atoms with Crippen LogP contribution in [0.2, 0.25) is 0 Å². The summed E-state index contributed by atoms with van der Waals surface area (Å²) in [7, 11) is -9.92. The van der Waals surface area contributed by atoms with Gasteiger partial charge < -0.3 is 33.8 Å². The second kappa shape index (κ2) is 73.0. The SMILES string of the molecule is CCCCCCCCCCCCCCCCCCCCC(=O)O[C@H](COC(=O)CCCCCCCCCCCCCCCCC)COP(=O)(O)OC[C@@H](O)COP(=O)(O)OC[C@@H](COC(=O)CCCCCCCCCCCC(C)C)OC(=O)CCCCCCCCCCCCCCCC. The average molecular weight is 1450 g/mol. The van der Waals surface area contributed by atoms with E-state index in [1.807, 2.05) is 0 Å². The van der Waals surface area contributed by atoms with Gasteiger partial charge >= 0.3 is 39.5 Å². The lowest BCUT2D eigenvalue weighted by molar-refractivity contribution is -0.161. The summed E-state index contributed by atoms with van der Waals surface area (Å²) in [6, 6.07) is 0. The fourth-order valence-corrected chi connectivity index (χ4v) is 14.0. The molecule has 0 spiro atoms. The van der Waals surface area contributed by atoms with Crippen LogP contribution in [0.3, 0.4) is 0 Å². The molecule has 0 aromatic rings. The molecule has 99 heavy (non-hydrogen) atoms. The molecule has 0 heterocycles. The highest BCUT2D eigenvalue weighted by atomic mass is 31.2. The van der Waals surface area contributed by atoms with Crippen LogP contribution in [0.15, 0.2) is 0 Å². The van der Waals surface area contributed by atoms with E-state index in [4.69, 9.17) is 37.0 Å². The van der Waals surface area contributed by atoms with Crippen molar-refractivity contribution >= 4 is 39.5 Å². The zero-order chi connectivity index (χ0) is 72.7. The van der Waals surface area contributed by atoms with Crippen LogP contribution in [0.4, 0.5) is 0 Å². The maximum absolute atomic E-state index is 13.1. The van der Waals surface area contributed by atoms with Gasteiger partial charge in [-0.15, -0.1) is 0 Å². The number of phosphoric ester groups is 2. The molecule has 0 fully saturated rings. The highest BCUT2D eigenvalue weighted by Gasteiger charge is 2.30. The minimum atomic E-state index is -4.96. The standard InChI is InChI=1S/C80H156O17P2/c1-6-9-12-15-18-21-24-27-30-31-32-34-37-40-45-51-56-61-66-80(85)96-75(69-90-77(82)63-58-53-48-43-38-36-33-28-25-22-19-16-13-10-7-2)71-94-98(86,87)92-67-74(81)68-93-99(88,89)95-72-76(70-91-78(83)64-59-54-49-46-41-42-47-52-57-62-73(4)5)97-79(84)65-60-55-50-44-39-35-29-26-23-20-17-14-11-8-3/h73-76,81H,6-72H2,1-5H3,(H,86,87)(H,88,89)/t74-,75-,76-/m1/s1. The van der Waals surface area contributed by atoms with E-state index in [0.717, 1.165) is 95.8 Å². The number of carbonyl (C=O) groups is 4. The molecule has 0 amide bonds. The van der Waals surface area contributed by atoms with Gasteiger partial charge in [-0.1, -0.05) is 375 Å². The molecule has 588 valence electrons. The van der Waals surface area contributed by atoms with Crippen LogP contribution in [-0.2, 0) is 65.4 Å². The summed E-state index contributed by atoms with van der Waals surface area (Å²) in [6.07, 6.45) is 63.7. The fourth-order valence-electron chi connectivity index (χ4n) is 12.4. The molecule has 19 heteroatoms. The van der Waals surface area contributed by atoms with Gasteiger partial charge in [0.25, 0.3) is 0 Å². The lowest BCUT2D eigenvalue weighted by Crippen LogP contribution is -2.30. The van der Waals surface area contributed by atoms with Gasteiger partial charge in [-0.3, -0.25) is 37.3 Å². The lowest BCUT2D eigenvalue weighted by atomic mass is 10.0. The van der Waals surface area contributed by atoms with E-state index in [1.165, 1.54) is 250 Å². The number of hydrogen-bond donors (Lipinski definition) is 3. The summed E-state index contributed by atoms with van der Waals surface area (Å²) < 4.78 is 68.7. The molecule has 0 rings (SSSR count). The summed E-state index contributed by atoms with van der Waals surface area (Å²) in [5, 5.41) is 10.6. The molecule has 0 radical (unpaired) electrons. The Hall–Kier alpha value is -1.94. The maximum atomic E-state index is 13.1. The summed E-state index contributed by atoms with van der Waals surface area (Å²) in [5.41, 5.74) is 0. The molecule has 0 saturated carbocycles. The minimum absolute atomic E-state index is 0.108. The van der Waals surface area contributed by atoms with Crippen LogP contribution in [0, 0.1) is 5.92 Å². The van der Waals surface area contributed by atoms with Crippen molar-refractivity contribution < 1.29 is 80.2 Å². The minimum Gasteiger partial charge on any atom is -0.462 e. The lowest BCUT2D eigenvalue weighted by Gasteiger charge is -2.21. The number of unbranched alkanes of at least 4 members (excludes halogenated alkanes) is 52. The van der Waals surface area contributed by atoms with E-state index >= 15 is 0 Å². The molecule has 3 N–H and O–H groups in total. The average Bonchev–Trinajstić information content (AvgIpc) is 1.12. The Bertz CT molecular complexity index is 1890. The number of carbonyl (C=O) groups excluding carboxylic acids is 4. The van der Waals surface area contributed by atoms with Crippen molar-refractivity contribution in [3.8, 4) is 0 Å². The first-order valence-corrected chi connectivity index (χ1v) is 44.6.